The Morgan fingerprint density at radius 1 is 1.24 bits per heavy atom. The van der Waals surface area contributed by atoms with Gasteiger partial charge in [-0.15, -0.1) is 6.58 Å². The molecule has 0 radical (unpaired) electrons. The van der Waals surface area contributed by atoms with Crippen molar-refractivity contribution >= 4 is 29.9 Å². The molecule has 0 saturated carbocycles. The number of esters is 1. The van der Waals surface area contributed by atoms with E-state index < -0.39 is 23.8 Å². The lowest BCUT2D eigenvalue weighted by Gasteiger charge is -2.25. The SMILES string of the molecule is C=CCc1cc(/C=C2\C(=O)NC(=O)N(Cc3ccco3)C2=O)cc(OC)c1OCC(=O)OC. The molecule has 1 aliphatic rings. The third-order valence-electron chi connectivity index (χ3n) is 4.69. The molecule has 0 aliphatic carbocycles. The first-order valence-corrected chi connectivity index (χ1v) is 9.80. The Labute approximate surface area is 189 Å². The minimum absolute atomic E-state index is 0.131. The number of furan rings is 1. The number of rotatable bonds is 9. The molecule has 10 nitrogen and oxygen atoms in total. The number of allylic oxidation sites excluding steroid dienone is 1. The van der Waals surface area contributed by atoms with Crippen molar-refractivity contribution in [1.82, 2.24) is 10.2 Å². The van der Waals surface area contributed by atoms with E-state index in [1.807, 2.05) is 0 Å². The molecule has 2 aromatic rings. The molecular weight excluding hydrogens is 432 g/mol. The van der Waals surface area contributed by atoms with Gasteiger partial charge in [0.2, 0.25) is 0 Å². The van der Waals surface area contributed by atoms with E-state index in [4.69, 9.17) is 13.9 Å². The summed E-state index contributed by atoms with van der Waals surface area (Å²) in [5, 5.41) is 2.16. The second kappa shape index (κ2) is 10.3. The van der Waals surface area contributed by atoms with Crippen molar-refractivity contribution in [2.24, 2.45) is 0 Å². The van der Waals surface area contributed by atoms with E-state index >= 15 is 0 Å². The van der Waals surface area contributed by atoms with Gasteiger partial charge in [0.25, 0.3) is 11.8 Å². The molecule has 172 valence electrons. The van der Waals surface area contributed by atoms with Gasteiger partial charge in [-0.3, -0.25) is 19.8 Å². The number of amides is 4. The first-order chi connectivity index (χ1) is 15.9. The van der Waals surface area contributed by atoms with Crippen molar-refractivity contribution in [3.05, 3.63) is 65.6 Å². The lowest BCUT2D eigenvalue weighted by atomic mass is 10.0. The van der Waals surface area contributed by atoms with E-state index in [1.165, 1.54) is 26.6 Å². The number of carbonyl (C=O) groups is 4. The molecule has 4 amide bonds. The highest BCUT2D eigenvalue weighted by molar-refractivity contribution is 6.30. The number of nitrogens with one attached hydrogen (secondary N) is 1. The fraction of sp³-hybridized carbons (Fsp3) is 0.217. The van der Waals surface area contributed by atoms with Gasteiger partial charge in [-0.25, -0.2) is 9.59 Å². The van der Waals surface area contributed by atoms with Gasteiger partial charge in [0.05, 0.1) is 27.0 Å². The maximum absolute atomic E-state index is 12.9. The molecule has 33 heavy (non-hydrogen) atoms. The highest BCUT2D eigenvalue weighted by Gasteiger charge is 2.36. The average molecular weight is 454 g/mol. The second-order valence-corrected chi connectivity index (χ2v) is 6.86. The van der Waals surface area contributed by atoms with Crippen LogP contribution in [0.5, 0.6) is 11.5 Å². The maximum Gasteiger partial charge on any atom is 0.343 e. The minimum atomic E-state index is -0.838. The van der Waals surface area contributed by atoms with Crippen molar-refractivity contribution in [1.29, 1.82) is 0 Å². The van der Waals surface area contributed by atoms with Crippen molar-refractivity contribution in [2.75, 3.05) is 20.8 Å². The lowest BCUT2D eigenvalue weighted by molar-refractivity contribution is -0.143. The summed E-state index contributed by atoms with van der Waals surface area (Å²) in [4.78, 5) is 49.9. The molecule has 1 fully saturated rings. The number of hydrogen-bond donors (Lipinski definition) is 1. The van der Waals surface area contributed by atoms with Crippen LogP contribution < -0.4 is 14.8 Å². The van der Waals surface area contributed by atoms with Gasteiger partial charge in [0, 0.05) is 5.56 Å². The van der Waals surface area contributed by atoms with Crippen LogP contribution in [-0.4, -0.2) is 49.5 Å². The normalized spacial score (nSPS) is 14.8. The van der Waals surface area contributed by atoms with Crippen LogP contribution in [0, 0.1) is 0 Å². The summed E-state index contributed by atoms with van der Waals surface area (Å²) in [6.07, 6.45) is 4.74. The standard InChI is InChI=1S/C23H22N2O8/c1-4-6-15-9-14(11-18(30-2)20(15)33-13-19(26)31-3)10-17-21(27)24-23(29)25(22(17)28)12-16-7-5-8-32-16/h4-5,7-11H,1,6,12-13H2,2-3H3,(H,24,27,29)/b17-10+. The van der Waals surface area contributed by atoms with Crippen LogP contribution in [0.3, 0.4) is 0 Å². The smallest absolute Gasteiger partial charge is 0.343 e. The van der Waals surface area contributed by atoms with Crippen molar-refractivity contribution in [3.8, 4) is 11.5 Å². The predicted molar refractivity (Wildman–Crippen MR) is 115 cm³/mol. The summed E-state index contributed by atoms with van der Waals surface area (Å²) in [6.45, 7) is 3.25. The zero-order valence-corrected chi connectivity index (χ0v) is 18.1. The summed E-state index contributed by atoms with van der Waals surface area (Å²) < 4.78 is 20.7. The summed E-state index contributed by atoms with van der Waals surface area (Å²) in [7, 11) is 2.66. The summed E-state index contributed by atoms with van der Waals surface area (Å²) in [5.41, 5.74) is 0.809. The number of methoxy groups -OCH3 is 2. The number of ether oxygens (including phenoxy) is 3. The van der Waals surface area contributed by atoms with Gasteiger partial charge >= 0.3 is 12.0 Å². The van der Waals surface area contributed by atoms with Crippen molar-refractivity contribution < 1.29 is 37.8 Å². The lowest BCUT2D eigenvalue weighted by Crippen LogP contribution is -2.53. The molecule has 0 atom stereocenters. The Kier molecular flexibility index (Phi) is 7.29. The van der Waals surface area contributed by atoms with Gasteiger partial charge in [0.1, 0.15) is 11.3 Å². The number of nitrogens with zero attached hydrogens (tertiary/aromatic N) is 1. The Balaban J connectivity index is 1.97. The topological polar surface area (TPSA) is 124 Å². The average Bonchev–Trinajstić information content (AvgIpc) is 3.31. The number of urea groups is 1. The fourth-order valence-corrected chi connectivity index (χ4v) is 3.14. The molecule has 0 bridgehead atoms. The van der Waals surface area contributed by atoms with E-state index in [-0.39, 0.29) is 24.5 Å². The highest BCUT2D eigenvalue weighted by Crippen LogP contribution is 2.34. The molecule has 1 N–H and O–H groups in total. The highest BCUT2D eigenvalue weighted by atomic mass is 16.6. The Hall–Kier alpha value is -4.34. The van der Waals surface area contributed by atoms with Crippen LogP contribution in [0.1, 0.15) is 16.9 Å². The number of barbiturate groups is 1. The van der Waals surface area contributed by atoms with E-state index in [9.17, 15) is 19.2 Å². The number of imide groups is 2. The van der Waals surface area contributed by atoms with Crippen LogP contribution >= 0.6 is 0 Å². The third-order valence-corrected chi connectivity index (χ3v) is 4.69. The Morgan fingerprint density at radius 2 is 2.03 bits per heavy atom. The van der Waals surface area contributed by atoms with Gasteiger partial charge in [-0.05, 0) is 42.3 Å². The van der Waals surface area contributed by atoms with Crippen LogP contribution in [0.25, 0.3) is 6.08 Å². The van der Waals surface area contributed by atoms with E-state index in [2.05, 4.69) is 16.6 Å². The van der Waals surface area contributed by atoms with Crippen molar-refractivity contribution in [3.63, 3.8) is 0 Å². The number of carbonyl (C=O) groups excluding carboxylic acids is 4. The number of hydrogen-bond acceptors (Lipinski definition) is 8. The number of benzene rings is 1. The zero-order valence-electron chi connectivity index (χ0n) is 18.1. The van der Waals surface area contributed by atoms with Crippen LogP contribution in [-0.2, 0) is 32.1 Å². The van der Waals surface area contributed by atoms with Gasteiger partial charge in [0.15, 0.2) is 18.1 Å². The summed E-state index contributed by atoms with van der Waals surface area (Å²) in [6, 6.07) is 5.60. The Morgan fingerprint density at radius 3 is 2.67 bits per heavy atom. The molecule has 1 aromatic heterocycles. The first-order valence-electron chi connectivity index (χ1n) is 9.80. The van der Waals surface area contributed by atoms with Gasteiger partial charge in [-0.2, -0.15) is 0 Å². The summed E-state index contributed by atoms with van der Waals surface area (Å²) in [5.74, 6) is -1.20. The van der Waals surface area contributed by atoms with Crippen molar-refractivity contribution in [2.45, 2.75) is 13.0 Å². The quantitative estimate of drug-likeness (QED) is 0.265. The van der Waals surface area contributed by atoms with Crippen LogP contribution in [0.15, 0.2) is 53.2 Å². The van der Waals surface area contributed by atoms with Crippen LogP contribution in [0.2, 0.25) is 0 Å². The van der Waals surface area contributed by atoms with Gasteiger partial charge < -0.3 is 18.6 Å². The molecule has 1 saturated heterocycles. The Bertz CT molecular complexity index is 1120. The third kappa shape index (κ3) is 5.29. The van der Waals surface area contributed by atoms with E-state index in [0.717, 1.165) is 4.90 Å². The second-order valence-electron chi connectivity index (χ2n) is 6.86. The van der Waals surface area contributed by atoms with E-state index in [1.54, 1.807) is 30.3 Å². The predicted octanol–water partition coefficient (Wildman–Crippen LogP) is 2.23. The summed E-state index contributed by atoms with van der Waals surface area (Å²) >= 11 is 0. The maximum atomic E-state index is 12.9. The monoisotopic (exact) mass is 454 g/mol. The largest absolute Gasteiger partial charge is 0.493 e. The zero-order chi connectivity index (χ0) is 24.0. The molecular formula is C23H22N2O8. The van der Waals surface area contributed by atoms with E-state index in [0.29, 0.717) is 29.1 Å². The van der Waals surface area contributed by atoms with Crippen LogP contribution in [0.4, 0.5) is 4.79 Å². The molecule has 2 heterocycles. The molecule has 10 heteroatoms. The molecule has 3 rings (SSSR count). The first kappa shape index (κ1) is 23.3. The fourth-order valence-electron chi connectivity index (χ4n) is 3.14. The molecule has 0 unspecified atom stereocenters. The minimum Gasteiger partial charge on any atom is -0.493 e. The van der Waals surface area contributed by atoms with Gasteiger partial charge in [-0.1, -0.05) is 6.08 Å². The molecule has 1 aromatic carbocycles. The molecule has 1 aliphatic heterocycles. The molecule has 0 spiro atoms.